The van der Waals surface area contributed by atoms with Gasteiger partial charge in [0.25, 0.3) is 0 Å². The smallest absolute Gasteiger partial charge is 0.177 e. The van der Waals surface area contributed by atoms with Crippen LogP contribution in [0.1, 0.15) is 42.9 Å². The van der Waals surface area contributed by atoms with Crippen LogP contribution in [0.15, 0.2) is 42.6 Å². The third kappa shape index (κ3) is 3.44. The molecule has 3 aromatic rings. The fourth-order valence-corrected chi connectivity index (χ4v) is 3.51. The summed E-state index contributed by atoms with van der Waals surface area (Å²) in [4.78, 5) is 4.73. The molecule has 2 aromatic heterocycles. The number of anilines is 2. The zero-order valence-corrected chi connectivity index (χ0v) is 14.2. The van der Waals surface area contributed by atoms with E-state index in [0.717, 1.165) is 42.8 Å². The van der Waals surface area contributed by atoms with E-state index in [1.807, 2.05) is 30.5 Å². The molecule has 6 nitrogen and oxygen atoms in total. The molecule has 0 unspecified atom stereocenters. The number of hydrogen-bond donors (Lipinski definition) is 3. The van der Waals surface area contributed by atoms with Crippen LogP contribution in [0, 0.1) is 0 Å². The third-order valence-corrected chi connectivity index (χ3v) is 4.98. The van der Waals surface area contributed by atoms with Gasteiger partial charge in [-0.1, -0.05) is 30.3 Å². The molecule has 1 saturated carbocycles. The standard InChI is InChI=1S/C19H24N6/c20-15-8-6-14(7-9-15)17-12-25-19(23-17)16(21)10-18(24-25)22-11-13-4-2-1-3-5-13/h1-5,10,12,14-15H,6-9,11,20-21H2,(H,22,24)/t14-,15-. The first-order valence-corrected chi connectivity index (χ1v) is 8.88. The highest BCUT2D eigenvalue weighted by Gasteiger charge is 2.23. The van der Waals surface area contributed by atoms with Gasteiger partial charge in [-0.25, -0.2) is 9.50 Å². The van der Waals surface area contributed by atoms with E-state index in [9.17, 15) is 0 Å². The van der Waals surface area contributed by atoms with Crippen molar-refractivity contribution in [2.24, 2.45) is 5.73 Å². The summed E-state index contributed by atoms with van der Waals surface area (Å²) < 4.78 is 1.80. The highest BCUT2D eigenvalue weighted by molar-refractivity contribution is 5.68. The molecule has 0 amide bonds. The molecule has 1 aromatic carbocycles. The minimum Gasteiger partial charge on any atom is -0.396 e. The molecule has 6 heteroatoms. The van der Waals surface area contributed by atoms with E-state index in [1.165, 1.54) is 5.56 Å². The Balaban J connectivity index is 1.54. The van der Waals surface area contributed by atoms with Gasteiger partial charge in [-0.2, -0.15) is 0 Å². The van der Waals surface area contributed by atoms with Crippen LogP contribution in [-0.2, 0) is 6.54 Å². The molecule has 4 rings (SSSR count). The van der Waals surface area contributed by atoms with Crippen molar-refractivity contribution in [3.05, 3.63) is 53.9 Å². The number of aromatic nitrogens is 3. The first kappa shape index (κ1) is 15.9. The van der Waals surface area contributed by atoms with Gasteiger partial charge >= 0.3 is 0 Å². The van der Waals surface area contributed by atoms with Gasteiger partial charge in [0.2, 0.25) is 0 Å². The van der Waals surface area contributed by atoms with Gasteiger partial charge < -0.3 is 16.8 Å². The van der Waals surface area contributed by atoms with Crippen molar-refractivity contribution in [2.45, 2.75) is 44.2 Å². The number of nitrogen functional groups attached to an aromatic ring is 1. The summed E-state index contributed by atoms with van der Waals surface area (Å²) in [6.45, 7) is 0.709. The van der Waals surface area contributed by atoms with Crippen molar-refractivity contribution in [3.63, 3.8) is 0 Å². The lowest BCUT2D eigenvalue weighted by Crippen LogP contribution is -2.25. The van der Waals surface area contributed by atoms with Crippen LogP contribution < -0.4 is 16.8 Å². The van der Waals surface area contributed by atoms with Gasteiger partial charge in [-0.15, -0.1) is 5.10 Å². The van der Waals surface area contributed by atoms with Gasteiger partial charge in [-0.05, 0) is 31.2 Å². The number of imidazole rings is 1. The lowest BCUT2D eigenvalue weighted by molar-refractivity contribution is 0.391. The molecular weight excluding hydrogens is 312 g/mol. The van der Waals surface area contributed by atoms with E-state index in [0.29, 0.717) is 24.2 Å². The summed E-state index contributed by atoms with van der Waals surface area (Å²) in [6.07, 6.45) is 6.31. The fourth-order valence-electron chi connectivity index (χ4n) is 3.51. The number of nitrogens with zero attached hydrogens (tertiary/aromatic N) is 3. The van der Waals surface area contributed by atoms with Crippen LogP contribution in [0.25, 0.3) is 5.65 Å². The van der Waals surface area contributed by atoms with E-state index in [4.69, 9.17) is 16.5 Å². The van der Waals surface area contributed by atoms with Crippen LogP contribution in [0.4, 0.5) is 11.5 Å². The largest absolute Gasteiger partial charge is 0.396 e. The quantitative estimate of drug-likeness (QED) is 0.681. The summed E-state index contributed by atoms with van der Waals surface area (Å²) in [6, 6.07) is 12.4. The topological polar surface area (TPSA) is 94.3 Å². The zero-order chi connectivity index (χ0) is 17.2. The molecule has 5 N–H and O–H groups in total. The lowest BCUT2D eigenvalue weighted by atomic mass is 9.85. The van der Waals surface area contributed by atoms with E-state index in [1.54, 1.807) is 4.52 Å². The number of nitrogens with one attached hydrogen (secondary N) is 1. The molecule has 2 heterocycles. The Morgan fingerprint density at radius 3 is 2.64 bits per heavy atom. The van der Waals surface area contributed by atoms with Gasteiger partial charge in [0, 0.05) is 24.6 Å². The Bertz CT molecular complexity index is 849. The van der Waals surface area contributed by atoms with Gasteiger partial charge in [0.05, 0.1) is 17.6 Å². The molecule has 0 saturated heterocycles. The Morgan fingerprint density at radius 1 is 1.12 bits per heavy atom. The van der Waals surface area contributed by atoms with Crippen molar-refractivity contribution >= 4 is 17.2 Å². The molecule has 0 aliphatic heterocycles. The Hall–Kier alpha value is -2.60. The number of benzene rings is 1. The second-order valence-corrected chi connectivity index (χ2v) is 6.87. The third-order valence-electron chi connectivity index (χ3n) is 4.98. The fraction of sp³-hybridized carbons (Fsp3) is 0.368. The Kier molecular flexibility index (Phi) is 4.28. The normalized spacial score (nSPS) is 20.7. The highest BCUT2D eigenvalue weighted by atomic mass is 15.3. The molecule has 0 atom stereocenters. The molecule has 1 fully saturated rings. The average molecular weight is 336 g/mol. The lowest BCUT2D eigenvalue weighted by Gasteiger charge is -2.24. The predicted molar refractivity (Wildman–Crippen MR) is 100 cm³/mol. The minimum absolute atomic E-state index is 0.338. The molecular formula is C19H24N6. The molecule has 1 aliphatic rings. The summed E-state index contributed by atoms with van der Waals surface area (Å²) in [7, 11) is 0. The predicted octanol–water partition coefficient (Wildman–Crippen LogP) is 2.91. The highest BCUT2D eigenvalue weighted by Crippen LogP contribution is 2.32. The maximum absolute atomic E-state index is 6.21. The molecule has 130 valence electrons. The van der Waals surface area contributed by atoms with Gasteiger partial charge in [-0.3, -0.25) is 0 Å². The molecule has 1 aliphatic carbocycles. The zero-order valence-electron chi connectivity index (χ0n) is 14.2. The molecule has 0 bridgehead atoms. The van der Waals surface area contributed by atoms with Crippen LogP contribution in [0.2, 0.25) is 0 Å². The minimum atomic E-state index is 0.338. The van der Waals surface area contributed by atoms with Crippen molar-refractivity contribution < 1.29 is 0 Å². The first-order chi connectivity index (χ1) is 12.2. The molecule has 0 radical (unpaired) electrons. The van der Waals surface area contributed by atoms with Crippen LogP contribution >= 0.6 is 0 Å². The van der Waals surface area contributed by atoms with E-state index < -0.39 is 0 Å². The van der Waals surface area contributed by atoms with E-state index in [-0.39, 0.29) is 0 Å². The monoisotopic (exact) mass is 336 g/mol. The number of hydrogen-bond acceptors (Lipinski definition) is 5. The van der Waals surface area contributed by atoms with Crippen molar-refractivity contribution in [2.75, 3.05) is 11.1 Å². The maximum Gasteiger partial charge on any atom is 0.177 e. The molecule has 25 heavy (non-hydrogen) atoms. The summed E-state index contributed by atoms with van der Waals surface area (Å²) >= 11 is 0. The van der Waals surface area contributed by atoms with Crippen LogP contribution in [0.5, 0.6) is 0 Å². The first-order valence-electron chi connectivity index (χ1n) is 8.88. The second-order valence-electron chi connectivity index (χ2n) is 6.87. The number of rotatable bonds is 4. The number of nitrogens with two attached hydrogens (primary N) is 2. The van der Waals surface area contributed by atoms with E-state index >= 15 is 0 Å². The van der Waals surface area contributed by atoms with Crippen LogP contribution in [-0.4, -0.2) is 20.6 Å². The summed E-state index contributed by atoms with van der Waals surface area (Å²) in [5, 5.41) is 7.95. The maximum atomic E-state index is 6.21. The molecule has 0 spiro atoms. The summed E-state index contributed by atoms with van der Waals surface area (Å²) in [5.74, 6) is 1.21. The van der Waals surface area contributed by atoms with Crippen molar-refractivity contribution in [3.8, 4) is 0 Å². The SMILES string of the molecule is Nc1cc(NCc2ccccc2)nn2cc([C@H]3CC[C@H](N)CC3)nc12. The summed E-state index contributed by atoms with van der Waals surface area (Å²) in [5.41, 5.74) is 15.9. The Labute approximate surface area is 147 Å². The average Bonchev–Trinajstić information content (AvgIpc) is 3.06. The second kappa shape index (κ2) is 6.72. The van der Waals surface area contributed by atoms with Gasteiger partial charge in [0.15, 0.2) is 5.65 Å². The Morgan fingerprint density at radius 2 is 1.88 bits per heavy atom. The van der Waals surface area contributed by atoms with Crippen LogP contribution in [0.3, 0.4) is 0 Å². The van der Waals surface area contributed by atoms with Crippen molar-refractivity contribution in [1.82, 2.24) is 14.6 Å². The number of fused-ring (bicyclic) bond motifs is 1. The van der Waals surface area contributed by atoms with Crippen molar-refractivity contribution in [1.29, 1.82) is 0 Å². The van der Waals surface area contributed by atoms with Gasteiger partial charge in [0.1, 0.15) is 5.82 Å². The van der Waals surface area contributed by atoms with E-state index in [2.05, 4.69) is 22.5 Å².